The van der Waals surface area contributed by atoms with Crippen LogP contribution in [-0.4, -0.2) is 6.61 Å². The molecule has 1 unspecified atom stereocenters. The summed E-state index contributed by atoms with van der Waals surface area (Å²) in [4.78, 5) is 0. The van der Waals surface area contributed by atoms with E-state index in [1.54, 1.807) is 0 Å². The van der Waals surface area contributed by atoms with Crippen LogP contribution in [0.2, 0.25) is 0 Å². The second-order valence-electron chi connectivity index (χ2n) is 8.27. The SMILES string of the molecule is CCCCCCCCCCCCCCCCCCC(C[O])CCCC. The average Bonchev–Trinajstić information content (AvgIpc) is 2.63. The van der Waals surface area contributed by atoms with E-state index in [4.69, 9.17) is 0 Å². The van der Waals surface area contributed by atoms with E-state index in [0.717, 1.165) is 0 Å². The van der Waals surface area contributed by atoms with Crippen LogP contribution >= 0.6 is 0 Å². The number of hydrogen-bond donors (Lipinski definition) is 0. The van der Waals surface area contributed by atoms with Crippen molar-refractivity contribution >= 4 is 0 Å². The molecule has 1 radical (unpaired) electrons. The van der Waals surface area contributed by atoms with Crippen molar-refractivity contribution in [2.24, 2.45) is 5.92 Å². The van der Waals surface area contributed by atoms with Crippen LogP contribution in [0.5, 0.6) is 0 Å². The van der Waals surface area contributed by atoms with Crippen molar-refractivity contribution in [2.75, 3.05) is 6.61 Å². The van der Waals surface area contributed by atoms with E-state index in [1.165, 1.54) is 128 Å². The molecule has 0 aromatic carbocycles. The van der Waals surface area contributed by atoms with Gasteiger partial charge in [-0.25, -0.2) is 5.11 Å². The predicted octanol–water partition coefficient (Wildman–Crippen LogP) is 8.87. The maximum absolute atomic E-state index is 11.1. The zero-order valence-electron chi connectivity index (χ0n) is 17.8. The van der Waals surface area contributed by atoms with Crippen molar-refractivity contribution in [3.05, 3.63) is 0 Å². The summed E-state index contributed by atoms with van der Waals surface area (Å²) in [6, 6.07) is 0. The molecule has 0 aliphatic carbocycles. The number of rotatable bonds is 21. The summed E-state index contributed by atoms with van der Waals surface area (Å²) in [5, 5.41) is 11.1. The molecule has 0 bridgehead atoms. The molecular formula is C24H49O. The van der Waals surface area contributed by atoms with Crippen molar-refractivity contribution in [1.29, 1.82) is 0 Å². The van der Waals surface area contributed by atoms with Crippen LogP contribution in [0.25, 0.3) is 0 Å². The molecule has 25 heavy (non-hydrogen) atoms. The third-order valence-corrected chi connectivity index (χ3v) is 5.67. The predicted molar refractivity (Wildman–Crippen MR) is 113 cm³/mol. The minimum absolute atomic E-state index is 0.152. The van der Waals surface area contributed by atoms with Gasteiger partial charge in [-0.15, -0.1) is 0 Å². The molecule has 1 atom stereocenters. The van der Waals surface area contributed by atoms with E-state index in [2.05, 4.69) is 13.8 Å². The Bertz CT molecular complexity index is 226. The minimum atomic E-state index is 0.152. The van der Waals surface area contributed by atoms with Gasteiger partial charge in [0.25, 0.3) is 0 Å². The molecule has 1 nitrogen and oxygen atoms in total. The normalized spacial score (nSPS) is 12.6. The fourth-order valence-corrected chi connectivity index (χ4v) is 3.78. The molecule has 1 heteroatoms. The summed E-state index contributed by atoms with van der Waals surface area (Å²) in [6.07, 6.45) is 27.6. The van der Waals surface area contributed by atoms with E-state index >= 15 is 0 Å². The van der Waals surface area contributed by atoms with Gasteiger partial charge in [0, 0.05) is 0 Å². The molecule has 0 rings (SSSR count). The van der Waals surface area contributed by atoms with E-state index in [-0.39, 0.29) is 6.61 Å². The standard InChI is InChI=1S/C24H49O/c1-3-5-7-8-9-10-11-12-13-14-15-16-17-18-19-20-22-24(23-25)21-6-4-2/h24H,3-23H2,1-2H3. The highest BCUT2D eigenvalue weighted by molar-refractivity contribution is 4.58. The second-order valence-corrected chi connectivity index (χ2v) is 8.27. The first-order valence-corrected chi connectivity index (χ1v) is 11.9. The molecule has 0 aliphatic heterocycles. The average molecular weight is 354 g/mol. The number of unbranched alkanes of at least 4 members (excludes halogenated alkanes) is 16. The Hall–Kier alpha value is -0.0400. The third-order valence-electron chi connectivity index (χ3n) is 5.67. The maximum atomic E-state index is 11.1. The Balaban J connectivity index is 3.11. The monoisotopic (exact) mass is 353 g/mol. The first-order chi connectivity index (χ1) is 12.3. The van der Waals surface area contributed by atoms with Gasteiger partial charge in [-0.3, -0.25) is 0 Å². The highest BCUT2D eigenvalue weighted by Gasteiger charge is 2.06. The van der Waals surface area contributed by atoms with Crippen LogP contribution in [0.4, 0.5) is 0 Å². The van der Waals surface area contributed by atoms with Gasteiger partial charge in [0.2, 0.25) is 0 Å². The Morgan fingerprint density at radius 3 is 1.12 bits per heavy atom. The first kappa shape index (κ1) is 25.0. The molecule has 0 N–H and O–H groups in total. The van der Waals surface area contributed by atoms with Gasteiger partial charge >= 0.3 is 0 Å². The molecule has 151 valence electrons. The van der Waals surface area contributed by atoms with E-state index in [0.29, 0.717) is 5.92 Å². The quantitative estimate of drug-likeness (QED) is 0.184. The Kier molecular flexibility index (Phi) is 22.0. The minimum Gasteiger partial charge on any atom is -0.236 e. The fourth-order valence-electron chi connectivity index (χ4n) is 3.78. The van der Waals surface area contributed by atoms with Crippen LogP contribution in [0, 0.1) is 5.92 Å². The first-order valence-electron chi connectivity index (χ1n) is 11.9. The van der Waals surface area contributed by atoms with E-state index in [1.807, 2.05) is 0 Å². The molecular weight excluding hydrogens is 304 g/mol. The summed E-state index contributed by atoms with van der Waals surface area (Å²) in [6.45, 7) is 4.66. The van der Waals surface area contributed by atoms with Crippen molar-refractivity contribution in [3.63, 3.8) is 0 Å². The van der Waals surface area contributed by atoms with Gasteiger partial charge in [-0.05, 0) is 18.8 Å². The molecule has 0 fully saturated rings. The smallest absolute Gasteiger partial charge is 0.0850 e. The van der Waals surface area contributed by atoms with Crippen molar-refractivity contribution in [3.8, 4) is 0 Å². The Labute approximate surface area is 160 Å². The summed E-state index contributed by atoms with van der Waals surface area (Å²) in [5.74, 6) is 0.464. The van der Waals surface area contributed by atoms with Crippen molar-refractivity contribution < 1.29 is 5.11 Å². The maximum Gasteiger partial charge on any atom is 0.0850 e. The lowest BCUT2D eigenvalue weighted by Crippen LogP contribution is -2.04. The van der Waals surface area contributed by atoms with Crippen molar-refractivity contribution in [1.82, 2.24) is 0 Å². The van der Waals surface area contributed by atoms with Gasteiger partial charge < -0.3 is 0 Å². The lowest BCUT2D eigenvalue weighted by Gasteiger charge is -2.12. The van der Waals surface area contributed by atoms with Crippen LogP contribution < -0.4 is 0 Å². The molecule has 0 aromatic rings. The Morgan fingerprint density at radius 1 is 0.440 bits per heavy atom. The zero-order chi connectivity index (χ0) is 18.4. The molecule has 0 amide bonds. The fraction of sp³-hybridized carbons (Fsp3) is 1.00. The third kappa shape index (κ3) is 20.1. The summed E-state index contributed by atoms with van der Waals surface area (Å²) in [5.41, 5.74) is 0. The summed E-state index contributed by atoms with van der Waals surface area (Å²) >= 11 is 0. The van der Waals surface area contributed by atoms with Crippen LogP contribution in [0.1, 0.15) is 142 Å². The van der Waals surface area contributed by atoms with E-state index in [9.17, 15) is 5.11 Å². The molecule has 0 heterocycles. The second kappa shape index (κ2) is 22.0. The zero-order valence-corrected chi connectivity index (χ0v) is 17.8. The van der Waals surface area contributed by atoms with E-state index < -0.39 is 0 Å². The Morgan fingerprint density at radius 2 is 0.760 bits per heavy atom. The molecule has 0 spiro atoms. The van der Waals surface area contributed by atoms with Gasteiger partial charge in [0.15, 0.2) is 0 Å². The van der Waals surface area contributed by atoms with Crippen LogP contribution in [0.3, 0.4) is 0 Å². The van der Waals surface area contributed by atoms with Gasteiger partial charge in [-0.1, -0.05) is 129 Å². The van der Waals surface area contributed by atoms with Gasteiger partial charge in [-0.2, -0.15) is 0 Å². The highest BCUT2D eigenvalue weighted by atomic mass is 16.3. The molecule has 0 saturated carbocycles. The summed E-state index contributed by atoms with van der Waals surface area (Å²) in [7, 11) is 0. The highest BCUT2D eigenvalue weighted by Crippen LogP contribution is 2.18. The van der Waals surface area contributed by atoms with Gasteiger partial charge in [0.1, 0.15) is 0 Å². The largest absolute Gasteiger partial charge is 0.236 e. The molecule has 0 aromatic heterocycles. The van der Waals surface area contributed by atoms with Crippen molar-refractivity contribution in [2.45, 2.75) is 142 Å². The van der Waals surface area contributed by atoms with Gasteiger partial charge in [0.05, 0.1) is 6.61 Å². The topological polar surface area (TPSA) is 19.9 Å². The van der Waals surface area contributed by atoms with Crippen LogP contribution in [0.15, 0.2) is 0 Å². The molecule has 0 aliphatic rings. The van der Waals surface area contributed by atoms with Crippen LogP contribution in [-0.2, 0) is 5.11 Å². The lowest BCUT2D eigenvalue weighted by molar-refractivity contribution is 0.131. The number of hydrogen-bond acceptors (Lipinski definition) is 0. The molecule has 0 saturated heterocycles. The lowest BCUT2D eigenvalue weighted by atomic mass is 9.96. The summed E-state index contributed by atoms with van der Waals surface area (Å²) < 4.78 is 0.